The van der Waals surface area contributed by atoms with E-state index in [1.54, 1.807) is 0 Å². The molecule has 0 amide bonds. The summed E-state index contributed by atoms with van der Waals surface area (Å²) in [7, 11) is 5.53. The van der Waals surface area contributed by atoms with Gasteiger partial charge in [-0.1, -0.05) is 26.7 Å². The van der Waals surface area contributed by atoms with Crippen LogP contribution in [0.4, 0.5) is 0 Å². The summed E-state index contributed by atoms with van der Waals surface area (Å²) in [5.41, 5.74) is 0. The van der Waals surface area contributed by atoms with Gasteiger partial charge in [-0.15, -0.1) is 0 Å². The lowest BCUT2D eigenvalue weighted by atomic mass is 10.0. The molecule has 26 heavy (non-hydrogen) atoms. The first-order chi connectivity index (χ1) is 12.5. The van der Waals surface area contributed by atoms with Gasteiger partial charge in [-0.05, 0) is 12.8 Å². The Hall–Kier alpha value is -1.22. The molecular weight excluding hydrogens is 344 g/mol. The topological polar surface area (TPSA) is 89.5 Å². The van der Waals surface area contributed by atoms with Crippen molar-refractivity contribution < 1.29 is 38.0 Å². The third-order valence-electron chi connectivity index (χ3n) is 3.92. The van der Waals surface area contributed by atoms with Gasteiger partial charge >= 0.3 is 11.9 Å². The van der Waals surface area contributed by atoms with Gasteiger partial charge in [0.05, 0.1) is 13.2 Å². The molecule has 0 saturated heterocycles. The Labute approximate surface area is 156 Å². The van der Waals surface area contributed by atoms with Crippen LogP contribution in [0.15, 0.2) is 0 Å². The van der Waals surface area contributed by atoms with E-state index in [1.165, 1.54) is 28.4 Å². The molecule has 8 nitrogen and oxygen atoms in total. The zero-order chi connectivity index (χ0) is 19.9. The van der Waals surface area contributed by atoms with Gasteiger partial charge < -0.3 is 28.4 Å². The third kappa shape index (κ3) is 7.99. The van der Waals surface area contributed by atoms with Gasteiger partial charge in [-0.3, -0.25) is 0 Å². The first-order valence-electron chi connectivity index (χ1n) is 8.96. The summed E-state index contributed by atoms with van der Waals surface area (Å²) in [6.45, 7) is 4.56. The average Bonchev–Trinajstić information content (AvgIpc) is 2.64. The summed E-state index contributed by atoms with van der Waals surface area (Å²) in [4.78, 5) is 24.6. The number of hydrogen-bond acceptors (Lipinski definition) is 8. The molecule has 4 atom stereocenters. The maximum absolute atomic E-state index is 12.3. The van der Waals surface area contributed by atoms with Crippen LogP contribution in [0.2, 0.25) is 0 Å². The van der Waals surface area contributed by atoms with Crippen molar-refractivity contribution >= 4 is 11.9 Å². The van der Waals surface area contributed by atoms with Crippen LogP contribution in [0, 0.1) is 0 Å². The molecule has 0 heterocycles. The number of ether oxygens (including phenoxy) is 6. The van der Waals surface area contributed by atoms with Crippen LogP contribution in [0.3, 0.4) is 0 Å². The maximum atomic E-state index is 12.3. The second kappa shape index (κ2) is 14.9. The highest BCUT2D eigenvalue weighted by Crippen LogP contribution is 2.18. The van der Waals surface area contributed by atoms with E-state index in [0.717, 1.165) is 25.7 Å². The van der Waals surface area contributed by atoms with Gasteiger partial charge in [0.25, 0.3) is 0 Å². The van der Waals surface area contributed by atoms with Crippen LogP contribution in [-0.2, 0) is 38.0 Å². The summed E-state index contributed by atoms with van der Waals surface area (Å²) < 4.78 is 31.8. The van der Waals surface area contributed by atoms with Gasteiger partial charge in [0.2, 0.25) is 0 Å². The quantitative estimate of drug-likeness (QED) is 0.314. The fourth-order valence-electron chi connectivity index (χ4n) is 2.39. The first kappa shape index (κ1) is 24.8. The number of esters is 2. The Morgan fingerprint density at radius 1 is 0.654 bits per heavy atom. The normalized spacial score (nSPS) is 15.8. The van der Waals surface area contributed by atoms with Gasteiger partial charge in [-0.2, -0.15) is 0 Å². The van der Waals surface area contributed by atoms with E-state index < -0.39 is 36.4 Å². The van der Waals surface area contributed by atoms with Crippen molar-refractivity contribution in [3.63, 3.8) is 0 Å². The highest BCUT2D eigenvalue weighted by atomic mass is 16.6. The highest BCUT2D eigenvalue weighted by molar-refractivity contribution is 5.78. The average molecular weight is 378 g/mol. The van der Waals surface area contributed by atoms with Crippen LogP contribution in [0.25, 0.3) is 0 Å². The van der Waals surface area contributed by atoms with Gasteiger partial charge in [0, 0.05) is 28.4 Å². The molecule has 154 valence electrons. The van der Waals surface area contributed by atoms with E-state index in [9.17, 15) is 9.59 Å². The van der Waals surface area contributed by atoms with Crippen molar-refractivity contribution in [3.8, 4) is 0 Å². The molecule has 0 rings (SSSR count). The predicted molar refractivity (Wildman–Crippen MR) is 94.9 cm³/mol. The Bertz CT molecular complexity index is 351. The fourth-order valence-corrected chi connectivity index (χ4v) is 2.39. The molecule has 0 unspecified atom stereocenters. The lowest BCUT2D eigenvalue weighted by Gasteiger charge is -2.32. The van der Waals surface area contributed by atoms with Crippen LogP contribution in [0.5, 0.6) is 0 Å². The summed E-state index contributed by atoms with van der Waals surface area (Å²) in [5, 5.41) is 0. The smallest absolute Gasteiger partial charge is 0.338 e. The molecule has 0 radical (unpaired) electrons. The molecule has 0 aliphatic carbocycles. The second-order valence-corrected chi connectivity index (χ2v) is 5.76. The van der Waals surface area contributed by atoms with Crippen LogP contribution < -0.4 is 0 Å². The highest BCUT2D eigenvalue weighted by Gasteiger charge is 2.43. The minimum absolute atomic E-state index is 0.288. The number of hydrogen-bond donors (Lipinski definition) is 0. The van der Waals surface area contributed by atoms with Crippen LogP contribution >= 0.6 is 0 Å². The fraction of sp³-hybridized carbons (Fsp3) is 0.889. The SMILES string of the molecule is CCCCOC(=O)[C@@H](OC)[C@H](OC)[C@H](OC)[C@@H](OC)C(=O)OCCCC. The lowest BCUT2D eigenvalue weighted by molar-refractivity contribution is -0.192. The van der Waals surface area contributed by atoms with Crippen molar-refractivity contribution in [1.82, 2.24) is 0 Å². The zero-order valence-electron chi connectivity index (χ0n) is 16.8. The maximum Gasteiger partial charge on any atom is 0.338 e. The second-order valence-electron chi connectivity index (χ2n) is 5.76. The molecule has 0 N–H and O–H groups in total. The Kier molecular flexibility index (Phi) is 14.2. The molecule has 0 aromatic rings. The van der Waals surface area contributed by atoms with E-state index >= 15 is 0 Å². The monoisotopic (exact) mass is 378 g/mol. The van der Waals surface area contributed by atoms with Gasteiger partial charge in [0.1, 0.15) is 12.2 Å². The van der Waals surface area contributed by atoms with Gasteiger partial charge in [0.15, 0.2) is 12.2 Å². The van der Waals surface area contributed by atoms with E-state index in [-0.39, 0.29) is 13.2 Å². The minimum Gasteiger partial charge on any atom is -0.464 e. The van der Waals surface area contributed by atoms with Crippen molar-refractivity contribution in [2.75, 3.05) is 41.7 Å². The molecule has 0 fully saturated rings. The number of carbonyl (C=O) groups excluding carboxylic acids is 2. The number of carbonyl (C=O) groups is 2. The van der Waals surface area contributed by atoms with Gasteiger partial charge in [-0.25, -0.2) is 9.59 Å². The zero-order valence-corrected chi connectivity index (χ0v) is 16.8. The van der Waals surface area contributed by atoms with E-state index in [1.807, 2.05) is 13.8 Å². The lowest BCUT2D eigenvalue weighted by Crippen LogP contribution is -2.54. The standard InChI is InChI=1S/C18H34O8/c1-7-9-11-25-17(19)15(23-5)13(21-3)14(22-4)16(24-6)18(20)26-12-10-8-2/h13-16H,7-12H2,1-6H3/t13-,14+,15+,16-. The van der Waals surface area contributed by atoms with E-state index in [0.29, 0.717) is 0 Å². The molecule has 0 aromatic heterocycles. The van der Waals surface area contributed by atoms with Crippen molar-refractivity contribution in [1.29, 1.82) is 0 Å². The molecule has 0 aliphatic heterocycles. The van der Waals surface area contributed by atoms with Crippen LogP contribution in [-0.4, -0.2) is 78.0 Å². The summed E-state index contributed by atoms with van der Waals surface area (Å²) in [6, 6.07) is 0. The van der Waals surface area contributed by atoms with Crippen molar-refractivity contribution in [3.05, 3.63) is 0 Å². The molecule has 0 bridgehead atoms. The Balaban J connectivity index is 5.19. The van der Waals surface area contributed by atoms with Crippen molar-refractivity contribution in [2.45, 2.75) is 63.9 Å². The number of rotatable bonds is 15. The number of methoxy groups -OCH3 is 4. The van der Waals surface area contributed by atoms with Crippen LogP contribution in [0.1, 0.15) is 39.5 Å². The summed E-state index contributed by atoms with van der Waals surface area (Å²) in [5.74, 6) is -1.16. The van der Waals surface area contributed by atoms with E-state index in [2.05, 4.69) is 0 Å². The minimum atomic E-state index is -1.07. The number of unbranched alkanes of at least 4 members (excludes halogenated alkanes) is 2. The molecule has 8 heteroatoms. The van der Waals surface area contributed by atoms with E-state index in [4.69, 9.17) is 28.4 Å². The molecule has 0 aliphatic rings. The molecular formula is C18H34O8. The molecule has 0 spiro atoms. The predicted octanol–water partition coefficient (Wildman–Crippen LogP) is 1.73. The van der Waals surface area contributed by atoms with Crippen molar-refractivity contribution in [2.24, 2.45) is 0 Å². The third-order valence-corrected chi connectivity index (χ3v) is 3.92. The summed E-state index contributed by atoms with van der Waals surface area (Å²) >= 11 is 0. The molecule has 0 aromatic carbocycles. The Morgan fingerprint density at radius 2 is 1.00 bits per heavy atom. The largest absolute Gasteiger partial charge is 0.464 e. The molecule has 0 saturated carbocycles. The summed E-state index contributed by atoms with van der Waals surface area (Å²) in [6.07, 6.45) is -0.671. The first-order valence-corrected chi connectivity index (χ1v) is 8.96. The Morgan fingerprint density at radius 3 is 1.23 bits per heavy atom.